The Hall–Kier alpha value is -5.23. The molecule has 0 atom stereocenters. The lowest BCUT2D eigenvalue weighted by molar-refractivity contribution is 0.803. The van der Waals surface area contributed by atoms with E-state index in [0.29, 0.717) is 0 Å². The third-order valence-corrected chi connectivity index (χ3v) is 7.41. The minimum atomic E-state index is 0.777. The molecule has 0 saturated heterocycles. The Morgan fingerprint density at radius 3 is 2.03 bits per heavy atom. The summed E-state index contributed by atoms with van der Waals surface area (Å²) in [5.74, 6) is 0. The molecule has 1 aliphatic heterocycles. The average molecular weight is 491 g/mol. The molecule has 0 unspecified atom stereocenters. The summed E-state index contributed by atoms with van der Waals surface area (Å²) in [4.78, 5) is 13.7. The largest absolute Gasteiger partial charge is 0.385 e. The van der Waals surface area contributed by atoms with Crippen LogP contribution in [-0.4, -0.2) is 24.1 Å². The summed E-state index contributed by atoms with van der Waals surface area (Å²) in [5.41, 5.74) is 12.3. The van der Waals surface area contributed by atoms with Gasteiger partial charge in [0.2, 0.25) is 0 Å². The lowest BCUT2D eigenvalue weighted by Gasteiger charge is -2.15. The molecule has 180 valence electrons. The number of benzene rings is 2. The molecule has 0 amide bonds. The first kappa shape index (κ1) is 20.9. The van der Waals surface area contributed by atoms with E-state index in [1.807, 2.05) is 49.2 Å². The lowest BCUT2D eigenvalue weighted by atomic mass is 10.0. The number of nitrogens with one attached hydrogen (secondary N) is 1. The van der Waals surface area contributed by atoms with Crippen molar-refractivity contribution in [1.82, 2.24) is 29.4 Å². The number of fused-ring (bicyclic) bond motifs is 6. The van der Waals surface area contributed by atoms with Crippen molar-refractivity contribution in [3.8, 4) is 22.5 Å². The fourth-order valence-corrected chi connectivity index (χ4v) is 5.69. The first-order valence-corrected chi connectivity index (χ1v) is 12.7. The predicted molar refractivity (Wildman–Crippen MR) is 152 cm³/mol. The molecule has 2 aromatic carbocycles. The van der Waals surface area contributed by atoms with Gasteiger partial charge in [0.1, 0.15) is 0 Å². The number of aromatic nitrogens is 5. The van der Waals surface area contributed by atoms with Gasteiger partial charge in [-0.25, -0.2) is 0 Å². The number of nitrogens with zero attached hydrogens (tertiary/aromatic N) is 5. The van der Waals surface area contributed by atoms with E-state index < -0.39 is 0 Å². The first-order valence-electron chi connectivity index (χ1n) is 12.7. The van der Waals surface area contributed by atoms with Crippen molar-refractivity contribution in [2.45, 2.75) is 6.54 Å². The summed E-state index contributed by atoms with van der Waals surface area (Å²) in [5, 5.41) is 4.46. The van der Waals surface area contributed by atoms with Crippen LogP contribution in [0.5, 0.6) is 0 Å². The minimum Gasteiger partial charge on any atom is -0.385 e. The standard InChI is InChI=1S/C32H22N6/c1-3-27-31(35-15-1)25-13-17-33-19-29(25)37(27)23-9-5-21(6-10-23)22-7-11-24(12-8-22)38-28-4-2-16-36-32(28)26-14-18-34-20-30(26)38/h1-19,34H,20H2. The zero-order chi connectivity index (χ0) is 25.1. The highest BCUT2D eigenvalue weighted by molar-refractivity contribution is 6.06. The Bertz CT molecular complexity index is 1960. The molecule has 0 saturated carbocycles. The number of hydrogen-bond acceptors (Lipinski definition) is 4. The van der Waals surface area contributed by atoms with Crippen LogP contribution in [-0.2, 0) is 6.54 Å². The van der Waals surface area contributed by atoms with Crippen LogP contribution in [0.25, 0.3) is 61.5 Å². The first-order chi connectivity index (χ1) is 18.9. The smallest absolute Gasteiger partial charge is 0.0964 e. The van der Waals surface area contributed by atoms with Gasteiger partial charge >= 0.3 is 0 Å². The molecule has 1 N–H and O–H groups in total. The van der Waals surface area contributed by atoms with Gasteiger partial charge in [-0.2, -0.15) is 0 Å². The van der Waals surface area contributed by atoms with Crippen LogP contribution in [0.1, 0.15) is 11.3 Å². The van der Waals surface area contributed by atoms with Crippen molar-refractivity contribution in [1.29, 1.82) is 0 Å². The summed E-state index contributed by atoms with van der Waals surface area (Å²) < 4.78 is 4.54. The fraction of sp³-hybridized carbons (Fsp3) is 0.0312. The third kappa shape index (κ3) is 3.04. The van der Waals surface area contributed by atoms with Crippen molar-refractivity contribution in [2.75, 3.05) is 0 Å². The summed E-state index contributed by atoms with van der Waals surface area (Å²) >= 11 is 0. The van der Waals surface area contributed by atoms with E-state index in [9.17, 15) is 0 Å². The molecule has 6 nitrogen and oxygen atoms in total. The summed E-state index contributed by atoms with van der Waals surface area (Å²) in [7, 11) is 0. The molecule has 6 heterocycles. The van der Waals surface area contributed by atoms with Crippen molar-refractivity contribution >= 4 is 39.0 Å². The zero-order valence-corrected chi connectivity index (χ0v) is 20.4. The minimum absolute atomic E-state index is 0.777. The zero-order valence-electron chi connectivity index (χ0n) is 20.4. The molecule has 5 aromatic heterocycles. The normalized spacial score (nSPS) is 12.7. The van der Waals surface area contributed by atoms with Crippen LogP contribution in [0.2, 0.25) is 0 Å². The second kappa shape index (κ2) is 8.15. The van der Waals surface area contributed by atoms with E-state index in [1.165, 1.54) is 22.4 Å². The Kier molecular flexibility index (Phi) is 4.48. The Morgan fingerprint density at radius 2 is 1.29 bits per heavy atom. The number of hydrogen-bond donors (Lipinski definition) is 1. The van der Waals surface area contributed by atoms with Crippen LogP contribution in [0, 0.1) is 0 Å². The highest BCUT2D eigenvalue weighted by Crippen LogP contribution is 2.33. The molecule has 0 radical (unpaired) electrons. The van der Waals surface area contributed by atoms with Crippen LogP contribution < -0.4 is 5.32 Å². The van der Waals surface area contributed by atoms with Crippen LogP contribution in [0.3, 0.4) is 0 Å². The van der Waals surface area contributed by atoms with Gasteiger partial charge < -0.3 is 14.5 Å². The lowest BCUT2D eigenvalue weighted by Crippen LogP contribution is -2.13. The van der Waals surface area contributed by atoms with Crippen molar-refractivity contribution < 1.29 is 0 Å². The van der Waals surface area contributed by atoms with Crippen LogP contribution in [0.15, 0.2) is 110 Å². The monoisotopic (exact) mass is 490 g/mol. The molecular formula is C32H22N6. The van der Waals surface area contributed by atoms with Crippen molar-refractivity contribution in [3.63, 3.8) is 0 Å². The average Bonchev–Trinajstić information content (AvgIpc) is 3.51. The van der Waals surface area contributed by atoms with E-state index >= 15 is 0 Å². The second-order valence-electron chi connectivity index (χ2n) is 9.47. The van der Waals surface area contributed by atoms with Gasteiger partial charge in [-0.05, 0) is 78.0 Å². The Balaban J connectivity index is 1.18. The molecule has 0 spiro atoms. The van der Waals surface area contributed by atoms with Gasteiger partial charge in [-0.3, -0.25) is 15.0 Å². The predicted octanol–water partition coefficient (Wildman–Crippen LogP) is 6.65. The summed E-state index contributed by atoms with van der Waals surface area (Å²) in [6.07, 6.45) is 11.6. The third-order valence-electron chi connectivity index (χ3n) is 7.41. The highest BCUT2D eigenvalue weighted by Gasteiger charge is 2.19. The molecule has 1 aliphatic rings. The van der Waals surface area contributed by atoms with Gasteiger partial charge in [0.05, 0.1) is 46.0 Å². The Labute approximate surface area is 218 Å². The van der Waals surface area contributed by atoms with Crippen molar-refractivity contribution in [3.05, 3.63) is 121 Å². The van der Waals surface area contributed by atoms with Crippen LogP contribution in [0.4, 0.5) is 0 Å². The fourth-order valence-electron chi connectivity index (χ4n) is 5.69. The van der Waals surface area contributed by atoms with Crippen molar-refractivity contribution in [2.24, 2.45) is 0 Å². The molecule has 38 heavy (non-hydrogen) atoms. The van der Waals surface area contributed by atoms with E-state index in [0.717, 1.165) is 50.9 Å². The Morgan fingerprint density at radius 1 is 0.632 bits per heavy atom. The quantitative estimate of drug-likeness (QED) is 0.301. The summed E-state index contributed by atoms with van der Waals surface area (Å²) in [6.45, 7) is 0.777. The van der Waals surface area contributed by atoms with E-state index in [1.54, 1.807) is 0 Å². The summed E-state index contributed by atoms with van der Waals surface area (Å²) in [6, 6.07) is 27.7. The number of pyridine rings is 3. The molecule has 0 fully saturated rings. The van der Waals surface area contributed by atoms with Gasteiger partial charge in [0.25, 0.3) is 0 Å². The highest BCUT2D eigenvalue weighted by atomic mass is 15.0. The molecule has 8 rings (SSSR count). The molecule has 6 heteroatoms. The SMILES string of the molecule is C1=Cc2c(n(-c3ccc(-c4ccc(-n5c6cnccc6c6ncccc65)cc4)cc3)c3cccnc23)CN1. The molecule has 0 bridgehead atoms. The number of rotatable bonds is 3. The van der Waals surface area contributed by atoms with E-state index in [2.05, 4.69) is 96.1 Å². The molecule has 0 aliphatic carbocycles. The maximum atomic E-state index is 4.66. The van der Waals surface area contributed by atoms with Gasteiger partial charge in [-0.15, -0.1) is 0 Å². The van der Waals surface area contributed by atoms with Gasteiger partial charge in [0.15, 0.2) is 0 Å². The maximum Gasteiger partial charge on any atom is 0.0964 e. The topological polar surface area (TPSA) is 60.6 Å². The van der Waals surface area contributed by atoms with Gasteiger partial charge in [-0.1, -0.05) is 24.3 Å². The maximum absolute atomic E-state index is 4.66. The van der Waals surface area contributed by atoms with Gasteiger partial charge in [0, 0.05) is 40.9 Å². The molecular weight excluding hydrogens is 468 g/mol. The second-order valence-corrected chi connectivity index (χ2v) is 9.47. The molecule has 7 aromatic rings. The van der Waals surface area contributed by atoms with Crippen LogP contribution >= 0.6 is 0 Å². The van der Waals surface area contributed by atoms with E-state index in [-0.39, 0.29) is 0 Å². The van der Waals surface area contributed by atoms with E-state index in [4.69, 9.17) is 0 Å².